The topological polar surface area (TPSA) is 102 Å². The van der Waals surface area contributed by atoms with E-state index in [1.807, 2.05) is 38.1 Å². The Morgan fingerprint density at radius 2 is 0.950 bits per heavy atom. The van der Waals surface area contributed by atoms with Gasteiger partial charge in [0.25, 0.3) is 16.6 Å². The highest BCUT2D eigenvalue weighted by Gasteiger charge is 2.51. The summed E-state index contributed by atoms with van der Waals surface area (Å²) in [6.07, 6.45) is 12.5. The molecule has 0 unspecified atom stereocenters. The van der Waals surface area contributed by atoms with Crippen molar-refractivity contribution in [2.45, 2.75) is 84.9 Å². The Balaban J connectivity index is 1.01. The van der Waals surface area contributed by atoms with E-state index in [9.17, 15) is 15.8 Å². The van der Waals surface area contributed by atoms with E-state index in [1.165, 1.54) is 20.7 Å². The molecule has 8 rings (SSSR count). The Morgan fingerprint density at radius 3 is 1.34 bits per heavy atom. The predicted molar refractivity (Wildman–Crippen MR) is 339 cm³/mol. The molecule has 1 aliphatic heterocycles. The third kappa shape index (κ3) is 12.6. The van der Waals surface area contributed by atoms with Crippen LogP contribution in [-0.2, 0) is 13.6 Å². The maximum atomic E-state index is 9.99. The fraction of sp³-hybridized carbons (Fsp3) is 0.243. The number of allylic oxidation sites excluding steroid dienone is 2. The largest absolute Gasteiger partial charge is 0.480 e. The van der Waals surface area contributed by atoms with Crippen LogP contribution in [0.3, 0.4) is 0 Å². The number of anilines is 1. The Labute approximate surface area is 481 Å². The van der Waals surface area contributed by atoms with E-state index >= 15 is 0 Å². The molecule has 0 aliphatic carbocycles. The van der Waals surface area contributed by atoms with Crippen molar-refractivity contribution in [2.75, 3.05) is 31.2 Å². The number of thiophene rings is 1. The quantitative estimate of drug-likeness (QED) is 0.0587. The number of aryl methyl sites for hydroxylation is 2. The van der Waals surface area contributed by atoms with Crippen LogP contribution in [0.15, 0.2) is 198 Å². The fourth-order valence-corrected chi connectivity index (χ4v) is 21.0. The molecule has 0 bridgehead atoms. The van der Waals surface area contributed by atoms with Gasteiger partial charge >= 0.3 is 0 Å². The van der Waals surface area contributed by atoms with Crippen LogP contribution >= 0.6 is 11.3 Å². The van der Waals surface area contributed by atoms with Crippen LogP contribution < -0.4 is 25.6 Å². The first-order valence-corrected chi connectivity index (χ1v) is 32.0. The zero-order chi connectivity index (χ0) is 57.1. The molecule has 7 aromatic rings. The first-order chi connectivity index (χ1) is 38.3. The van der Waals surface area contributed by atoms with Gasteiger partial charge < -0.3 is 18.5 Å². The number of benzene rings is 6. The Bertz CT molecular complexity index is 3360. The number of hydrogen-bond donors (Lipinski definition) is 0. The minimum absolute atomic E-state index is 0.0369. The molecule has 0 atom stereocenters. The molecule has 6 aromatic carbocycles. The minimum atomic E-state index is -2.78. The summed E-state index contributed by atoms with van der Waals surface area (Å²) in [5.41, 5.74) is 6.28. The van der Waals surface area contributed by atoms with Gasteiger partial charge in [-0.25, -0.2) is 0 Å². The normalized spacial score (nSPS) is 13.9. The molecule has 0 N–H and O–H groups in total. The van der Waals surface area contributed by atoms with Crippen molar-refractivity contribution in [3.05, 3.63) is 236 Å². The van der Waals surface area contributed by atoms with Gasteiger partial charge in [-0.3, -0.25) is 0 Å². The van der Waals surface area contributed by atoms with Gasteiger partial charge in [-0.1, -0.05) is 211 Å². The van der Waals surface area contributed by atoms with E-state index in [-0.39, 0.29) is 27.0 Å². The Kier molecular flexibility index (Phi) is 18.3. The molecule has 0 amide bonds. The number of hydrogen-bond acceptors (Lipinski definition) is 8. The smallest absolute Gasteiger partial charge is 0.261 e. The molecule has 1 aliphatic rings. The summed E-state index contributed by atoms with van der Waals surface area (Å²) in [7, 11) is -5.57. The van der Waals surface area contributed by atoms with E-state index in [2.05, 4.69) is 261 Å². The number of nitrogens with zero attached hydrogens (tertiary/aromatic N) is 4. The molecule has 2 heterocycles. The van der Waals surface area contributed by atoms with Crippen LogP contribution in [0.1, 0.15) is 93.0 Å². The third-order valence-corrected chi connectivity index (χ3v) is 26.2. The molecular formula is C70H72N4O3SSi2. The summed E-state index contributed by atoms with van der Waals surface area (Å²) in [4.78, 5) is 4.75. The predicted octanol–water partition coefficient (Wildman–Crippen LogP) is 14.6. The highest BCUT2D eigenvalue weighted by atomic mass is 32.1. The fourth-order valence-electron chi connectivity index (χ4n) is 11.1. The summed E-state index contributed by atoms with van der Waals surface area (Å²) in [6, 6.07) is 66.9. The second-order valence-electron chi connectivity index (χ2n) is 22.8. The number of rotatable bonds is 19. The molecule has 1 aromatic heterocycles. The van der Waals surface area contributed by atoms with Gasteiger partial charge in [0, 0.05) is 34.1 Å². The summed E-state index contributed by atoms with van der Waals surface area (Å²) in [5.74, 6) is 0.0369. The van der Waals surface area contributed by atoms with Crippen molar-refractivity contribution < 1.29 is 13.6 Å². The maximum Gasteiger partial charge on any atom is 0.261 e. The minimum Gasteiger partial charge on any atom is -0.480 e. The summed E-state index contributed by atoms with van der Waals surface area (Å²) < 4.78 is 21.0. The second-order valence-corrected chi connectivity index (χ2v) is 32.6. The summed E-state index contributed by atoms with van der Waals surface area (Å²) >= 11 is 1.74. The number of ether oxygens (including phenoxy) is 1. The van der Waals surface area contributed by atoms with E-state index in [0.29, 0.717) is 31.9 Å². The van der Waals surface area contributed by atoms with Crippen LogP contribution in [0.5, 0.6) is 0 Å². The average molecular weight is 1110 g/mol. The zero-order valence-corrected chi connectivity index (χ0v) is 50.7. The molecule has 80 heavy (non-hydrogen) atoms. The number of nitriles is 3. The molecule has 0 radical (unpaired) electrons. The molecular weight excluding hydrogens is 1030 g/mol. The third-order valence-electron chi connectivity index (χ3n) is 15.1. The molecule has 10 heteroatoms. The Morgan fingerprint density at radius 1 is 0.550 bits per heavy atom. The van der Waals surface area contributed by atoms with Gasteiger partial charge in [0.05, 0.1) is 13.2 Å². The molecule has 0 fully saturated rings. The van der Waals surface area contributed by atoms with Crippen LogP contribution in [0.2, 0.25) is 10.1 Å². The van der Waals surface area contributed by atoms with Crippen LogP contribution in [0.4, 0.5) is 5.69 Å². The van der Waals surface area contributed by atoms with Gasteiger partial charge in [-0.05, 0) is 123 Å². The lowest BCUT2D eigenvalue weighted by Crippen LogP contribution is -2.67. The van der Waals surface area contributed by atoms with Crippen molar-refractivity contribution in [3.63, 3.8) is 0 Å². The first-order valence-electron chi connectivity index (χ1n) is 27.3. The van der Waals surface area contributed by atoms with Gasteiger partial charge in [0.15, 0.2) is 11.3 Å². The van der Waals surface area contributed by atoms with Crippen LogP contribution in [0.25, 0.3) is 30.4 Å². The van der Waals surface area contributed by atoms with Gasteiger partial charge in [-0.15, -0.1) is 11.3 Å². The van der Waals surface area contributed by atoms with Crippen molar-refractivity contribution in [3.8, 4) is 18.2 Å². The highest BCUT2D eigenvalue weighted by Crippen LogP contribution is 2.41. The lowest BCUT2D eigenvalue weighted by atomic mass is 9.93. The van der Waals surface area contributed by atoms with Gasteiger partial charge in [0.1, 0.15) is 29.4 Å². The van der Waals surface area contributed by atoms with Gasteiger partial charge in [-0.2, -0.15) is 15.8 Å². The van der Waals surface area contributed by atoms with E-state index in [0.717, 1.165) is 43.3 Å². The van der Waals surface area contributed by atoms with Gasteiger partial charge in [0.2, 0.25) is 0 Å². The van der Waals surface area contributed by atoms with Crippen molar-refractivity contribution in [1.29, 1.82) is 15.8 Å². The lowest BCUT2D eigenvalue weighted by Gasteiger charge is -2.44. The monoisotopic (exact) mass is 1100 g/mol. The SMILES string of the molecule is Cc1cc(/C=C/c2ccc(/C=C\c3ccc(N(CCO[Si](c4ccccc4)(c4ccccc4)C(C)(C)C)CCO[Si](c4ccccc4)(c4ccccc4)C(C)(C)C)cc3)s2)c(C)cc1/C=C/C1=C(C#N)C(=C(C#N)C#N)OC1(C)C. The standard InChI is InChI=1S/C70H72N4O3SSi2/c1-52-48-56(35-42-66-65(51-73)67(57(49-71)50-72)77-70(66,9)10)53(2)47-55(52)34-39-60-41-40-59(78-60)38-33-54-31-36-58(37-32-54)74(43-45-75-79(68(3,4)5,61-23-15-11-16-24-61)62-25-17-12-18-26-62)44-46-76-80(69(6,7)8,63-27-19-13-20-28-63)64-29-21-14-22-30-64/h11-42,47-48H,43-46H2,1-10H3/b38-33-,39-34+,42-35+. The second kappa shape index (κ2) is 25.1. The highest BCUT2D eigenvalue weighted by molar-refractivity contribution is 7.13. The first kappa shape index (κ1) is 58.3. The molecule has 0 spiro atoms. The zero-order valence-electron chi connectivity index (χ0n) is 47.9. The molecule has 0 saturated carbocycles. The summed E-state index contributed by atoms with van der Waals surface area (Å²) in [6.45, 7) is 24.3. The molecule has 7 nitrogen and oxygen atoms in total. The maximum absolute atomic E-state index is 9.99. The van der Waals surface area contributed by atoms with Crippen LogP contribution in [-0.4, -0.2) is 48.5 Å². The molecule has 404 valence electrons. The van der Waals surface area contributed by atoms with Crippen LogP contribution in [0, 0.1) is 47.8 Å². The van der Waals surface area contributed by atoms with E-state index in [4.69, 9.17) is 13.6 Å². The van der Waals surface area contributed by atoms with Crippen molar-refractivity contribution in [1.82, 2.24) is 0 Å². The van der Waals surface area contributed by atoms with Crippen molar-refractivity contribution >= 4 is 84.8 Å². The average Bonchev–Trinajstić information content (AvgIpc) is 4.03. The van der Waals surface area contributed by atoms with E-state index < -0.39 is 22.2 Å². The van der Waals surface area contributed by atoms with E-state index in [1.54, 1.807) is 11.3 Å². The lowest BCUT2D eigenvalue weighted by molar-refractivity contribution is 0.0954. The summed E-state index contributed by atoms with van der Waals surface area (Å²) in [5, 5.41) is 33.7. The molecule has 0 saturated heterocycles. The van der Waals surface area contributed by atoms with Crippen molar-refractivity contribution in [2.24, 2.45) is 0 Å². The Hall–Kier alpha value is -7.86.